The van der Waals surface area contributed by atoms with Crippen molar-refractivity contribution in [1.82, 2.24) is 0 Å². The van der Waals surface area contributed by atoms with Crippen LogP contribution in [0.4, 0.5) is 5.69 Å². The Morgan fingerprint density at radius 2 is 1.90 bits per heavy atom. The van der Waals surface area contributed by atoms with Crippen LogP contribution >= 0.6 is 11.3 Å². The lowest BCUT2D eigenvalue weighted by Gasteiger charge is -2.15. The number of anilines is 1. The van der Waals surface area contributed by atoms with Crippen molar-refractivity contribution in [2.75, 3.05) is 5.32 Å². The first-order chi connectivity index (χ1) is 14.3. The quantitative estimate of drug-likeness (QED) is 0.470. The Morgan fingerprint density at radius 3 is 2.73 bits per heavy atom. The fourth-order valence-electron chi connectivity index (χ4n) is 3.68. The summed E-state index contributed by atoms with van der Waals surface area (Å²) in [4.78, 5) is 26.0. The smallest absolute Gasteiger partial charge is 0.336 e. The number of carbonyl (C=O) groups is 1. The second kappa shape index (κ2) is 6.65. The van der Waals surface area contributed by atoms with E-state index < -0.39 is 15.5 Å². The number of aryl methyl sites for hydroxylation is 1. The second-order valence-corrected chi connectivity index (χ2v) is 10.1. The van der Waals surface area contributed by atoms with Gasteiger partial charge in [0.15, 0.2) is 9.84 Å². The lowest BCUT2D eigenvalue weighted by molar-refractivity contribution is 0.103. The highest BCUT2D eigenvalue weighted by Gasteiger charge is 2.30. The van der Waals surface area contributed by atoms with Crippen LogP contribution in [0.25, 0.3) is 21.4 Å². The molecule has 1 N–H and O–H groups in total. The van der Waals surface area contributed by atoms with E-state index in [0.29, 0.717) is 32.2 Å². The molecule has 8 heteroatoms. The standard InChI is InChI=1S/C22H15NO5S2/c1-12-8-20(24)28-17-10-14(6-7-15(12)17)23-22(25)18-9-13-11-30(26,27)19-5-3-2-4-16(19)21(13)29-18/h2-10H,11H2,1H3,(H,23,25). The van der Waals surface area contributed by atoms with Gasteiger partial charge in [0.05, 0.1) is 15.5 Å². The second-order valence-electron chi connectivity index (χ2n) is 7.13. The minimum atomic E-state index is -3.43. The van der Waals surface area contributed by atoms with Crippen molar-refractivity contribution in [2.24, 2.45) is 0 Å². The van der Waals surface area contributed by atoms with Crippen LogP contribution in [0.2, 0.25) is 0 Å². The fourth-order valence-corrected chi connectivity index (χ4v) is 6.53. The maximum Gasteiger partial charge on any atom is 0.336 e. The van der Waals surface area contributed by atoms with Crippen LogP contribution < -0.4 is 10.9 Å². The third kappa shape index (κ3) is 3.05. The molecule has 1 aliphatic rings. The maximum atomic E-state index is 12.8. The molecular weight excluding hydrogens is 422 g/mol. The molecule has 0 fully saturated rings. The summed E-state index contributed by atoms with van der Waals surface area (Å²) in [6.45, 7) is 1.82. The van der Waals surface area contributed by atoms with Crippen LogP contribution in [0.1, 0.15) is 20.8 Å². The third-order valence-electron chi connectivity index (χ3n) is 5.05. The minimum Gasteiger partial charge on any atom is -0.423 e. The third-order valence-corrected chi connectivity index (χ3v) is 7.98. The molecule has 3 heterocycles. The Bertz CT molecular complexity index is 1510. The molecule has 0 spiro atoms. The Kier molecular flexibility index (Phi) is 4.16. The van der Waals surface area contributed by atoms with Gasteiger partial charge in [-0.2, -0.15) is 0 Å². The van der Waals surface area contributed by atoms with Crippen LogP contribution in [0, 0.1) is 6.92 Å². The number of amides is 1. The van der Waals surface area contributed by atoms with Gasteiger partial charge in [0, 0.05) is 33.6 Å². The van der Waals surface area contributed by atoms with Crippen molar-refractivity contribution >= 4 is 43.7 Å². The summed E-state index contributed by atoms with van der Waals surface area (Å²) in [6, 6.07) is 15.0. The van der Waals surface area contributed by atoms with Crippen LogP contribution in [0.5, 0.6) is 0 Å². The molecule has 150 valence electrons. The lowest BCUT2D eigenvalue weighted by Crippen LogP contribution is -2.11. The molecule has 1 aliphatic heterocycles. The summed E-state index contributed by atoms with van der Waals surface area (Å²) in [5, 5.41) is 3.60. The van der Waals surface area contributed by atoms with Gasteiger partial charge in [-0.3, -0.25) is 4.79 Å². The van der Waals surface area contributed by atoms with Gasteiger partial charge in [-0.15, -0.1) is 11.3 Å². The summed E-state index contributed by atoms with van der Waals surface area (Å²) in [7, 11) is -3.43. The van der Waals surface area contributed by atoms with Gasteiger partial charge < -0.3 is 9.73 Å². The Labute approximate surface area is 175 Å². The molecule has 1 amide bonds. The number of fused-ring (bicyclic) bond motifs is 4. The molecule has 2 aromatic heterocycles. The highest BCUT2D eigenvalue weighted by molar-refractivity contribution is 7.91. The van der Waals surface area contributed by atoms with E-state index in [2.05, 4.69) is 5.32 Å². The molecule has 2 aromatic carbocycles. The first kappa shape index (κ1) is 18.8. The topological polar surface area (TPSA) is 93.4 Å². The molecule has 0 bridgehead atoms. The van der Waals surface area contributed by atoms with E-state index in [4.69, 9.17) is 4.42 Å². The maximum absolute atomic E-state index is 12.8. The Hall–Kier alpha value is -3.23. The normalized spacial score (nSPS) is 14.2. The molecule has 0 saturated heterocycles. The van der Waals surface area contributed by atoms with E-state index in [-0.39, 0.29) is 11.7 Å². The van der Waals surface area contributed by atoms with Gasteiger partial charge >= 0.3 is 5.63 Å². The average Bonchev–Trinajstić information content (AvgIpc) is 3.11. The van der Waals surface area contributed by atoms with Crippen molar-refractivity contribution in [3.8, 4) is 10.4 Å². The lowest BCUT2D eigenvalue weighted by atomic mass is 10.1. The molecule has 0 atom stereocenters. The number of hydrogen-bond acceptors (Lipinski definition) is 6. The molecule has 5 rings (SSSR count). The molecule has 30 heavy (non-hydrogen) atoms. The highest BCUT2D eigenvalue weighted by Crippen LogP contribution is 2.42. The zero-order valence-electron chi connectivity index (χ0n) is 15.8. The van der Waals surface area contributed by atoms with Gasteiger partial charge in [-0.25, -0.2) is 13.2 Å². The Balaban J connectivity index is 1.50. The predicted molar refractivity (Wildman–Crippen MR) is 116 cm³/mol. The van der Waals surface area contributed by atoms with Crippen molar-refractivity contribution in [3.63, 3.8) is 0 Å². The molecule has 0 aliphatic carbocycles. The summed E-state index contributed by atoms with van der Waals surface area (Å²) in [6.07, 6.45) is 0. The monoisotopic (exact) mass is 437 g/mol. The molecule has 4 aromatic rings. The van der Waals surface area contributed by atoms with Crippen LogP contribution in [0.15, 0.2) is 68.7 Å². The highest BCUT2D eigenvalue weighted by atomic mass is 32.2. The van der Waals surface area contributed by atoms with Crippen LogP contribution in [0.3, 0.4) is 0 Å². The summed E-state index contributed by atoms with van der Waals surface area (Å²) in [5.74, 6) is -0.470. The number of hydrogen-bond donors (Lipinski definition) is 1. The van der Waals surface area contributed by atoms with E-state index in [1.807, 2.05) is 6.92 Å². The van der Waals surface area contributed by atoms with E-state index in [9.17, 15) is 18.0 Å². The van der Waals surface area contributed by atoms with E-state index >= 15 is 0 Å². The summed E-state index contributed by atoms with van der Waals surface area (Å²) in [5.41, 5.74) is 2.48. The summed E-state index contributed by atoms with van der Waals surface area (Å²) < 4.78 is 30.3. The number of sulfone groups is 1. The number of carbonyl (C=O) groups excluding carboxylic acids is 1. The Morgan fingerprint density at radius 1 is 1.10 bits per heavy atom. The zero-order valence-corrected chi connectivity index (χ0v) is 17.4. The number of thiophene rings is 1. The number of benzene rings is 2. The van der Waals surface area contributed by atoms with Gasteiger partial charge in [-0.05, 0) is 42.3 Å². The van der Waals surface area contributed by atoms with Gasteiger partial charge in [0.2, 0.25) is 0 Å². The number of rotatable bonds is 2. The van der Waals surface area contributed by atoms with E-state index in [1.54, 1.807) is 48.5 Å². The molecule has 0 unspecified atom stereocenters. The minimum absolute atomic E-state index is 0.121. The first-order valence-corrected chi connectivity index (χ1v) is 11.6. The first-order valence-electron chi connectivity index (χ1n) is 9.12. The van der Waals surface area contributed by atoms with Crippen molar-refractivity contribution in [3.05, 3.63) is 81.0 Å². The van der Waals surface area contributed by atoms with Gasteiger partial charge in [-0.1, -0.05) is 18.2 Å². The molecular formula is C22H15NO5S2. The fraction of sp³-hybridized carbons (Fsp3) is 0.0909. The molecule has 0 radical (unpaired) electrons. The van der Waals surface area contributed by atoms with E-state index in [0.717, 1.165) is 15.8 Å². The van der Waals surface area contributed by atoms with Crippen molar-refractivity contribution in [1.29, 1.82) is 0 Å². The predicted octanol–water partition coefficient (Wildman–Crippen LogP) is 4.37. The molecule has 6 nitrogen and oxygen atoms in total. The van der Waals surface area contributed by atoms with Crippen LogP contribution in [-0.4, -0.2) is 14.3 Å². The summed E-state index contributed by atoms with van der Waals surface area (Å²) >= 11 is 1.26. The zero-order chi connectivity index (χ0) is 21.0. The van der Waals surface area contributed by atoms with E-state index in [1.165, 1.54) is 17.4 Å². The van der Waals surface area contributed by atoms with Gasteiger partial charge in [0.25, 0.3) is 5.91 Å². The average molecular weight is 437 g/mol. The number of nitrogens with one attached hydrogen (secondary N) is 1. The SMILES string of the molecule is Cc1cc(=O)oc2cc(NC(=O)c3cc4c(s3)-c3ccccc3S(=O)(=O)C4)ccc12. The van der Waals surface area contributed by atoms with Crippen molar-refractivity contribution in [2.45, 2.75) is 17.6 Å². The molecule has 0 saturated carbocycles. The van der Waals surface area contributed by atoms with Crippen molar-refractivity contribution < 1.29 is 17.6 Å². The largest absolute Gasteiger partial charge is 0.423 e. The van der Waals surface area contributed by atoms with Gasteiger partial charge in [0.1, 0.15) is 5.58 Å². The van der Waals surface area contributed by atoms with Crippen LogP contribution in [-0.2, 0) is 15.6 Å².